The van der Waals surface area contributed by atoms with E-state index >= 15 is 0 Å². The molecule has 0 aliphatic carbocycles. The summed E-state index contributed by atoms with van der Waals surface area (Å²) in [6.45, 7) is 2.47. The Hall–Kier alpha value is -3.36. The molecule has 2 aromatic carbocycles. The van der Waals surface area contributed by atoms with Crippen LogP contribution >= 0.6 is 11.3 Å². The van der Waals surface area contributed by atoms with Crippen LogP contribution in [-0.4, -0.2) is 24.8 Å². The molecular formula is C23H20N2O5S. The molecule has 8 heteroatoms. The molecule has 0 atom stereocenters. The molecule has 1 aliphatic heterocycles. The molecule has 31 heavy (non-hydrogen) atoms. The minimum Gasteiger partial charge on any atom is -0.454 e. The van der Waals surface area contributed by atoms with Crippen molar-refractivity contribution >= 4 is 33.3 Å². The van der Waals surface area contributed by atoms with Crippen molar-refractivity contribution in [1.82, 2.24) is 4.98 Å². The molecule has 1 N–H and O–H groups in total. The zero-order valence-corrected chi connectivity index (χ0v) is 17.9. The number of nitrogens with zero attached hydrogens (tertiary/aromatic N) is 1. The summed E-state index contributed by atoms with van der Waals surface area (Å²) in [5.74, 6) is 1.42. The molecule has 0 saturated carbocycles. The summed E-state index contributed by atoms with van der Waals surface area (Å²) in [5, 5.41) is 4.28. The number of hydrogen-bond donors (Lipinski definition) is 1. The van der Waals surface area contributed by atoms with Gasteiger partial charge in [-0.2, -0.15) is 0 Å². The minimum absolute atomic E-state index is 0.244. The highest BCUT2D eigenvalue weighted by Crippen LogP contribution is 2.34. The van der Waals surface area contributed by atoms with Gasteiger partial charge in [-0.05, 0) is 30.7 Å². The first-order valence-corrected chi connectivity index (χ1v) is 10.6. The second-order valence-electron chi connectivity index (χ2n) is 7.19. The van der Waals surface area contributed by atoms with Crippen molar-refractivity contribution < 1.29 is 23.4 Å². The maximum atomic E-state index is 13.0. The molecule has 3 heterocycles. The molecule has 158 valence electrons. The molecule has 1 aliphatic rings. The van der Waals surface area contributed by atoms with E-state index in [0.29, 0.717) is 17.1 Å². The maximum absolute atomic E-state index is 13.0. The van der Waals surface area contributed by atoms with E-state index in [1.165, 1.54) is 11.3 Å². The summed E-state index contributed by atoms with van der Waals surface area (Å²) >= 11 is 1.45. The minimum atomic E-state index is -0.341. The monoisotopic (exact) mass is 436 g/mol. The zero-order chi connectivity index (χ0) is 21.4. The topological polar surface area (TPSA) is 82.8 Å². The van der Waals surface area contributed by atoms with Crippen molar-refractivity contribution in [3.8, 4) is 11.5 Å². The van der Waals surface area contributed by atoms with Crippen molar-refractivity contribution in [3.05, 3.63) is 69.9 Å². The van der Waals surface area contributed by atoms with Gasteiger partial charge in [0.25, 0.3) is 5.91 Å². The van der Waals surface area contributed by atoms with Gasteiger partial charge in [-0.1, -0.05) is 24.3 Å². The number of para-hydroxylation sites is 1. The van der Waals surface area contributed by atoms with Gasteiger partial charge in [0.15, 0.2) is 22.4 Å². The predicted octanol–water partition coefficient (Wildman–Crippen LogP) is 4.92. The van der Waals surface area contributed by atoms with E-state index in [2.05, 4.69) is 10.3 Å². The van der Waals surface area contributed by atoms with Crippen LogP contribution in [0.25, 0.3) is 11.0 Å². The lowest BCUT2D eigenvalue weighted by Crippen LogP contribution is -2.13. The van der Waals surface area contributed by atoms with Crippen molar-refractivity contribution in [3.63, 3.8) is 0 Å². The number of carbonyl (C=O) groups is 1. The number of fused-ring (bicyclic) bond motifs is 2. The number of ether oxygens (including phenoxy) is 3. The number of anilines is 1. The van der Waals surface area contributed by atoms with Gasteiger partial charge in [0.2, 0.25) is 6.79 Å². The van der Waals surface area contributed by atoms with Crippen LogP contribution in [0.1, 0.15) is 32.3 Å². The summed E-state index contributed by atoms with van der Waals surface area (Å²) in [6.07, 6.45) is 0.690. The molecule has 0 fully saturated rings. The van der Waals surface area contributed by atoms with E-state index in [1.54, 1.807) is 7.11 Å². The number of carbonyl (C=O) groups excluding carboxylic acids is 1. The van der Waals surface area contributed by atoms with Gasteiger partial charge >= 0.3 is 0 Å². The summed E-state index contributed by atoms with van der Waals surface area (Å²) in [5.41, 5.74) is 3.34. The van der Waals surface area contributed by atoms with Gasteiger partial charge in [-0.15, -0.1) is 11.3 Å². The highest BCUT2D eigenvalue weighted by atomic mass is 32.1. The van der Waals surface area contributed by atoms with Gasteiger partial charge in [-0.3, -0.25) is 10.1 Å². The third-order valence-electron chi connectivity index (χ3n) is 5.11. The number of aromatic nitrogens is 1. The Bertz CT molecular complexity index is 1280. The number of thiazole rings is 1. The fourth-order valence-electron chi connectivity index (χ4n) is 3.61. The molecule has 0 saturated heterocycles. The first-order chi connectivity index (χ1) is 15.1. The van der Waals surface area contributed by atoms with Crippen LogP contribution in [0.2, 0.25) is 0 Å². The van der Waals surface area contributed by atoms with Crippen molar-refractivity contribution in [2.45, 2.75) is 20.0 Å². The van der Waals surface area contributed by atoms with Crippen LogP contribution in [0.3, 0.4) is 0 Å². The lowest BCUT2D eigenvalue weighted by molar-refractivity contribution is 0.0992. The maximum Gasteiger partial charge on any atom is 0.293 e. The largest absolute Gasteiger partial charge is 0.454 e. The number of methoxy groups -OCH3 is 1. The van der Waals surface area contributed by atoms with Gasteiger partial charge in [0.1, 0.15) is 5.58 Å². The Morgan fingerprint density at radius 1 is 1.19 bits per heavy atom. The number of nitrogens with one attached hydrogen (secondary N) is 1. The van der Waals surface area contributed by atoms with Gasteiger partial charge in [0, 0.05) is 29.4 Å². The van der Waals surface area contributed by atoms with Gasteiger partial charge in [0.05, 0.1) is 12.3 Å². The average Bonchev–Trinajstić information content (AvgIpc) is 3.46. The fourth-order valence-corrected chi connectivity index (χ4v) is 4.60. The molecule has 4 aromatic rings. The van der Waals surface area contributed by atoms with E-state index in [9.17, 15) is 4.79 Å². The Labute approximate surface area is 182 Å². The van der Waals surface area contributed by atoms with E-state index in [1.807, 2.05) is 49.4 Å². The first kappa shape index (κ1) is 19.6. The molecule has 0 bridgehead atoms. The molecule has 1 amide bonds. The zero-order valence-electron chi connectivity index (χ0n) is 17.1. The number of benzene rings is 2. The normalized spacial score (nSPS) is 12.5. The van der Waals surface area contributed by atoms with Crippen LogP contribution in [0.4, 0.5) is 5.13 Å². The smallest absolute Gasteiger partial charge is 0.293 e. The molecule has 0 radical (unpaired) electrons. The highest BCUT2D eigenvalue weighted by molar-refractivity contribution is 7.15. The molecule has 0 spiro atoms. The second-order valence-corrected chi connectivity index (χ2v) is 8.27. The SMILES string of the molecule is COCc1c(C(=O)Nc2nc(C)c(Cc3ccc4c(c3)OCO4)s2)oc2ccccc12. The number of hydrogen-bond acceptors (Lipinski definition) is 7. The lowest BCUT2D eigenvalue weighted by atomic mass is 10.1. The van der Waals surface area contributed by atoms with Crippen LogP contribution < -0.4 is 14.8 Å². The molecule has 2 aromatic heterocycles. The number of furan rings is 1. The van der Waals surface area contributed by atoms with E-state index in [0.717, 1.165) is 38.6 Å². The number of amides is 1. The fraction of sp³-hybridized carbons (Fsp3) is 0.217. The highest BCUT2D eigenvalue weighted by Gasteiger charge is 2.22. The van der Waals surface area contributed by atoms with Gasteiger partial charge < -0.3 is 18.6 Å². The average molecular weight is 436 g/mol. The summed E-state index contributed by atoms with van der Waals surface area (Å²) in [4.78, 5) is 18.6. The Balaban J connectivity index is 1.37. The van der Waals surface area contributed by atoms with E-state index < -0.39 is 0 Å². The van der Waals surface area contributed by atoms with E-state index in [-0.39, 0.29) is 25.1 Å². The van der Waals surface area contributed by atoms with Gasteiger partial charge in [-0.25, -0.2) is 4.98 Å². The lowest BCUT2D eigenvalue weighted by Gasteiger charge is -2.02. The van der Waals surface area contributed by atoms with Crippen molar-refractivity contribution in [2.24, 2.45) is 0 Å². The molecule has 5 rings (SSSR count). The quantitative estimate of drug-likeness (QED) is 0.462. The molecular weight excluding hydrogens is 416 g/mol. The Kier molecular flexibility index (Phi) is 5.09. The van der Waals surface area contributed by atoms with Crippen molar-refractivity contribution in [1.29, 1.82) is 0 Å². The predicted molar refractivity (Wildman–Crippen MR) is 117 cm³/mol. The summed E-state index contributed by atoms with van der Waals surface area (Å²) in [7, 11) is 1.59. The summed E-state index contributed by atoms with van der Waals surface area (Å²) < 4.78 is 21.9. The van der Waals surface area contributed by atoms with Crippen molar-refractivity contribution in [2.75, 3.05) is 19.2 Å². The van der Waals surface area contributed by atoms with Crippen LogP contribution in [0.15, 0.2) is 46.9 Å². The van der Waals surface area contributed by atoms with E-state index in [4.69, 9.17) is 18.6 Å². The Morgan fingerprint density at radius 2 is 2.03 bits per heavy atom. The Morgan fingerprint density at radius 3 is 2.90 bits per heavy atom. The molecule has 0 unspecified atom stereocenters. The number of rotatable bonds is 6. The first-order valence-electron chi connectivity index (χ1n) is 9.78. The third kappa shape index (κ3) is 3.75. The van der Waals surface area contributed by atoms with Crippen LogP contribution in [0, 0.1) is 6.92 Å². The van der Waals surface area contributed by atoms with Crippen LogP contribution in [-0.2, 0) is 17.8 Å². The summed E-state index contributed by atoms with van der Waals surface area (Å²) in [6, 6.07) is 13.4. The molecule has 7 nitrogen and oxygen atoms in total. The van der Waals surface area contributed by atoms with Crippen LogP contribution in [0.5, 0.6) is 11.5 Å². The number of aryl methyl sites for hydroxylation is 1. The standard InChI is InChI=1S/C23H20N2O5S/c1-13-20(10-14-7-8-18-19(9-14)29-12-28-18)31-23(24-13)25-22(26)21-16(11-27-2)15-5-3-4-6-17(15)30-21/h3-9H,10-12H2,1-2H3,(H,24,25,26). The third-order valence-corrected chi connectivity index (χ3v) is 6.18. The second kappa shape index (κ2) is 8.05.